The minimum absolute atomic E-state index is 0.0308. The van der Waals surface area contributed by atoms with Crippen LogP contribution < -0.4 is 0 Å². The standard InChI is InChI=1S/C13H16N2O4/c1-10-3-2-8-14(10)13(16)19-9-11-4-6-12(7-5-11)15(17)18/h4-7,10H,2-3,8-9H2,1H3. The Bertz CT molecular complexity index is 472. The predicted octanol–water partition coefficient (Wildman–Crippen LogP) is 2.72. The van der Waals surface area contributed by atoms with Crippen molar-refractivity contribution in [3.63, 3.8) is 0 Å². The first-order valence-corrected chi connectivity index (χ1v) is 6.24. The second-order valence-corrected chi connectivity index (χ2v) is 4.66. The zero-order valence-electron chi connectivity index (χ0n) is 10.7. The fourth-order valence-electron chi connectivity index (χ4n) is 2.15. The summed E-state index contributed by atoms with van der Waals surface area (Å²) in [5.74, 6) is 0. The normalized spacial score (nSPS) is 18.4. The van der Waals surface area contributed by atoms with Gasteiger partial charge in [0.05, 0.1) is 4.92 Å². The van der Waals surface area contributed by atoms with Crippen molar-refractivity contribution in [2.45, 2.75) is 32.4 Å². The quantitative estimate of drug-likeness (QED) is 0.621. The number of likely N-dealkylation sites (tertiary alicyclic amines) is 1. The number of benzene rings is 1. The van der Waals surface area contributed by atoms with Crippen LogP contribution in [0.5, 0.6) is 0 Å². The second kappa shape index (κ2) is 5.69. The van der Waals surface area contributed by atoms with Crippen molar-refractivity contribution in [2.75, 3.05) is 6.54 Å². The number of amides is 1. The van der Waals surface area contributed by atoms with Crippen molar-refractivity contribution in [3.8, 4) is 0 Å². The van der Waals surface area contributed by atoms with Crippen LogP contribution in [-0.2, 0) is 11.3 Å². The Morgan fingerprint density at radius 2 is 2.16 bits per heavy atom. The van der Waals surface area contributed by atoms with Gasteiger partial charge in [0.2, 0.25) is 0 Å². The zero-order chi connectivity index (χ0) is 13.8. The lowest BCUT2D eigenvalue weighted by Crippen LogP contribution is -2.33. The van der Waals surface area contributed by atoms with Gasteiger partial charge in [-0.15, -0.1) is 0 Å². The van der Waals surface area contributed by atoms with Crippen LogP contribution in [0.25, 0.3) is 0 Å². The van der Waals surface area contributed by atoms with Gasteiger partial charge in [-0.2, -0.15) is 0 Å². The summed E-state index contributed by atoms with van der Waals surface area (Å²) in [6, 6.07) is 6.23. The lowest BCUT2D eigenvalue weighted by molar-refractivity contribution is -0.384. The van der Waals surface area contributed by atoms with Gasteiger partial charge in [0.15, 0.2) is 0 Å². The van der Waals surface area contributed by atoms with Crippen LogP contribution in [0.2, 0.25) is 0 Å². The molecule has 19 heavy (non-hydrogen) atoms. The molecular formula is C13H16N2O4. The van der Waals surface area contributed by atoms with Gasteiger partial charge >= 0.3 is 6.09 Å². The third-order valence-electron chi connectivity index (χ3n) is 3.30. The summed E-state index contributed by atoms with van der Waals surface area (Å²) in [4.78, 5) is 23.6. The van der Waals surface area contributed by atoms with Gasteiger partial charge in [-0.25, -0.2) is 4.79 Å². The number of nitro benzene ring substituents is 1. The first-order chi connectivity index (χ1) is 9.08. The maximum atomic E-state index is 11.8. The van der Waals surface area contributed by atoms with Crippen molar-refractivity contribution < 1.29 is 14.5 Å². The number of hydrogen-bond donors (Lipinski definition) is 0. The molecule has 1 fully saturated rings. The third kappa shape index (κ3) is 3.21. The van der Waals surface area contributed by atoms with Gasteiger partial charge in [-0.1, -0.05) is 0 Å². The van der Waals surface area contributed by atoms with Gasteiger partial charge in [0.1, 0.15) is 6.61 Å². The van der Waals surface area contributed by atoms with E-state index in [9.17, 15) is 14.9 Å². The lowest BCUT2D eigenvalue weighted by Gasteiger charge is -2.20. The third-order valence-corrected chi connectivity index (χ3v) is 3.30. The van der Waals surface area contributed by atoms with Crippen molar-refractivity contribution in [1.29, 1.82) is 0 Å². The summed E-state index contributed by atoms with van der Waals surface area (Å²) >= 11 is 0. The summed E-state index contributed by atoms with van der Waals surface area (Å²) in [6.07, 6.45) is 1.70. The minimum atomic E-state index is -0.457. The van der Waals surface area contributed by atoms with Gasteiger partial charge in [0, 0.05) is 24.7 Å². The smallest absolute Gasteiger partial charge is 0.410 e. The molecule has 6 nitrogen and oxygen atoms in total. The molecule has 1 aromatic carbocycles. The molecule has 1 atom stereocenters. The number of nitrogens with zero attached hydrogens (tertiary/aromatic N) is 2. The van der Waals surface area contributed by atoms with E-state index in [1.807, 2.05) is 6.92 Å². The number of carbonyl (C=O) groups excluding carboxylic acids is 1. The maximum absolute atomic E-state index is 11.8. The molecule has 1 aliphatic rings. The van der Waals surface area contributed by atoms with Gasteiger partial charge in [0.25, 0.3) is 5.69 Å². The Hall–Kier alpha value is -2.11. The number of carbonyl (C=O) groups is 1. The molecule has 2 rings (SSSR count). The molecular weight excluding hydrogens is 248 g/mol. The molecule has 0 radical (unpaired) electrons. The first kappa shape index (κ1) is 13.3. The molecule has 0 aliphatic carbocycles. The monoisotopic (exact) mass is 264 g/mol. The van der Waals surface area contributed by atoms with E-state index in [-0.39, 0.29) is 24.4 Å². The van der Waals surface area contributed by atoms with E-state index in [1.165, 1.54) is 12.1 Å². The summed E-state index contributed by atoms with van der Waals surface area (Å²) < 4.78 is 5.20. The van der Waals surface area contributed by atoms with Crippen molar-refractivity contribution >= 4 is 11.8 Å². The number of ether oxygens (including phenoxy) is 1. The van der Waals surface area contributed by atoms with Crippen molar-refractivity contribution in [3.05, 3.63) is 39.9 Å². The Morgan fingerprint density at radius 3 is 2.68 bits per heavy atom. The Kier molecular flexibility index (Phi) is 3.99. The molecule has 6 heteroatoms. The van der Waals surface area contributed by atoms with Gasteiger partial charge in [-0.05, 0) is 37.5 Å². The maximum Gasteiger partial charge on any atom is 0.410 e. The topological polar surface area (TPSA) is 72.7 Å². The van der Waals surface area contributed by atoms with E-state index in [2.05, 4.69) is 0 Å². The highest BCUT2D eigenvalue weighted by molar-refractivity contribution is 5.68. The van der Waals surface area contributed by atoms with E-state index in [0.717, 1.165) is 24.9 Å². The molecule has 0 bridgehead atoms. The largest absolute Gasteiger partial charge is 0.445 e. The summed E-state index contributed by atoms with van der Waals surface area (Å²) in [5.41, 5.74) is 0.772. The highest BCUT2D eigenvalue weighted by atomic mass is 16.6. The molecule has 1 aromatic rings. The Morgan fingerprint density at radius 1 is 1.47 bits per heavy atom. The fraction of sp³-hybridized carbons (Fsp3) is 0.462. The van der Waals surface area contributed by atoms with Crippen LogP contribution in [0, 0.1) is 10.1 Å². The SMILES string of the molecule is CC1CCCN1C(=O)OCc1ccc([N+](=O)[O-])cc1. The number of rotatable bonds is 3. The molecule has 0 spiro atoms. The molecule has 1 saturated heterocycles. The molecule has 1 unspecified atom stereocenters. The van der Waals surface area contributed by atoms with E-state index in [4.69, 9.17) is 4.74 Å². The molecule has 0 saturated carbocycles. The van der Waals surface area contributed by atoms with E-state index in [1.54, 1.807) is 17.0 Å². The van der Waals surface area contributed by atoms with Gasteiger partial charge < -0.3 is 9.64 Å². The van der Waals surface area contributed by atoms with Crippen LogP contribution in [-0.4, -0.2) is 28.5 Å². The van der Waals surface area contributed by atoms with Crippen LogP contribution in [0.15, 0.2) is 24.3 Å². The fourth-order valence-corrected chi connectivity index (χ4v) is 2.15. The number of nitro groups is 1. The summed E-state index contributed by atoms with van der Waals surface area (Å²) in [5, 5.41) is 10.5. The van der Waals surface area contributed by atoms with Crippen LogP contribution in [0.3, 0.4) is 0 Å². The Balaban J connectivity index is 1.88. The molecule has 102 valence electrons. The predicted molar refractivity (Wildman–Crippen MR) is 68.7 cm³/mol. The molecule has 0 aromatic heterocycles. The highest BCUT2D eigenvalue weighted by Crippen LogP contribution is 2.18. The van der Waals surface area contributed by atoms with E-state index >= 15 is 0 Å². The minimum Gasteiger partial charge on any atom is -0.445 e. The summed E-state index contributed by atoms with van der Waals surface area (Å²) in [7, 11) is 0. The van der Waals surface area contributed by atoms with E-state index < -0.39 is 4.92 Å². The molecule has 1 aliphatic heterocycles. The van der Waals surface area contributed by atoms with Crippen LogP contribution >= 0.6 is 0 Å². The zero-order valence-corrected chi connectivity index (χ0v) is 10.7. The lowest BCUT2D eigenvalue weighted by atomic mass is 10.2. The Labute approximate surface area is 111 Å². The van der Waals surface area contributed by atoms with Crippen LogP contribution in [0.4, 0.5) is 10.5 Å². The summed E-state index contributed by atoms with van der Waals surface area (Å²) in [6.45, 7) is 2.88. The average molecular weight is 264 g/mol. The average Bonchev–Trinajstić information content (AvgIpc) is 2.83. The second-order valence-electron chi connectivity index (χ2n) is 4.66. The van der Waals surface area contributed by atoms with Crippen molar-refractivity contribution in [2.24, 2.45) is 0 Å². The number of non-ortho nitro benzene ring substituents is 1. The molecule has 1 amide bonds. The van der Waals surface area contributed by atoms with E-state index in [0.29, 0.717) is 0 Å². The molecule has 0 N–H and O–H groups in total. The van der Waals surface area contributed by atoms with Crippen molar-refractivity contribution in [1.82, 2.24) is 4.90 Å². The molecule has 1 heterocycles. The number of hydrogen-bond acceptors (Lipinski definition) is 4. The first-order valence-electron chi connectivity index (χ1n) is 6.24. The highest BCUT2D eigenvalue weighted by Gasteiger charge is 2.26. The van der Waals surface area contributed by atoms with Crippen LogP contribution in [0.1, 0.15) is 25.3 Å². The van der Waals surface area contributed by atoms with Gasteiger partial charge in [-0.3, -0.25) is 10.1 Å².